The van der Waals surface area contributed by atoms with Gasteiger partial charge < -0.3 is 12.7 Å². The Bertz CT molecular complexity index is 494. The van der Waals surface area contributed by atoms with Gasteiger partial charge >= 0.3 is 115 Å². The summed E-state index contributed by atoms with van der Waals surface area (Å²) in [6.07, 6.45) is 11.5. The van der Waals surface area contributed by atoms with Gasteiger partial charge in [-0.15, -0.1) is 0 Å². The van der Waals surface area contributed by atoms with Crippen LogP contribution >= 0.6 is 0 Å². The van der Waals surface area contributed by atoms with Gasteiger partial charge in [-0.2, -0.15) is 8.42 Å². The van der Waals surface area contributed by atoms with E-state index < -0.39 is 33.7 Å². The first-order valence-electron chi connectivity index (χ1n) is 9.13. The van der Waals surface area contributed by atoms with Crippen LogP contribution in [0.4, 0.5) is 0 Å². The van der Waals surface area contributed by atoms with E-state index in [9.17, 15) is 18.0 Å². The third-order valence-electron chi connectivity index (χ3n) is 3.97. The zero-order chi connectivity index (χ0) is 19.1. The van der Waals surface area contributed by atoms with E-state index in [-0.39, 0.29) is 112 Å². The van der Waals surface area contributed by atoms with Crippen molar-refractivity contribution >= 4 is 22.1 Å². The van der Waals surface area contributed by atoms with Crippen molar-refractivity contribution in [2.75, 3.05) is 6.61 Å². The molecule has 1 unspecified atom stereocenters. The van der Waals surface area contributed by atoms with Gasteiger partial charge in [0.15, 0.2) is 5.25 Å². The Hall–Kier alpha value is 2.12. The third-order valence-corrected chi connectivity index (χ3v) is 5.05. The number of aliphatic carboxylic acids is 1. The molecule has 0 saturated carbocycles. The number of ether oxygens (including phenoxy) is 1. The van der Waals surface area contributed by atoms with E-state index in [2.05, 4.69) is 6.92 Å². The van der Waals surface area contributed by atoms with Gasteiger partial charge in [0.1, 0.15) is 0 Å². The molecule has 0 amide bonds. The molecule has 0 bridgehead atoms. The molecule has 0 aromatic rings. The summed E-state index contributed by atoms with van der Waals surface area (Å²) in [4.78, 5) is 22.1. The van der Waals surface area contributed by atoms with Crippen LogP contribution in [-0.4, -0.2) is 41.9 Å². The van der Waals surface area contributed by atoms with Crippen molar-refractivity contribution in [2.24, 2.45) is 0 Å². The number of esters is 1. The summed E-state index contributed by atoms with van der Waals surface area (Å²) in [6, 6.07) is 0. The SMILES string of the molecule is CCCCCCCCCCCCCOC(=O)C(CC(=O)O)S(=O)(=O)O.[H-].[H-].[K+].[K+]. The van der Waals surface area contributed by atoms with Crippen LogP contribution in [-0.2, 0) is 24.4 Å². The van der Waals surface area contributed by atoms with Crippen molar-refractivity contribution in [1.82, 2.24) is 0 Å². The molecule has 0 rings (SSSR count). The van der Waals surface area contributed by atoms with E-state index in [4.69, 9.17) is 14.4 Å². The molecule has 27 heavy (non-hydrogen) atoms. The van der Waals surface area contributed by atoms with E-state index in [0.29, 0.717) is 6.42 Å². The molecule has 0 aliphatic rings. The van der Waals surface area contributed by atoms with Gasteiger partial charge in [0, 0.05) is 0 Å². The molecular formula is C17H34K2O7S. The Morgan fingerprint density at radius 1 is 0.889 bits per heavy atom. The van der Waals surface area contributed by atoms with E-state index in [1.165, 1.54) is 44.9 Å². The molecule has 10 heteroatoms. The Labute approximate surface area is 251 Å². The van der Waals surface area contributed by atoms with Crippen LogP contribution in [0.1, 0.15) is 86.8 Å². The second-order valence-corrected chi connectivity index (χ2v) is 7.90. The quantitative estimate of drug-likeness (QED) is 0.116. The number of rotatable bonds is 16. The average Bonchev–Trinajstić information content (AvgIpc) is 2.52. The van der Waals surface area contributed by atoms with Gasteiger partial charge in [-0.25, -0.2) is 0 Å². The van der Waals surface area contributed by atoms with Crippen LogP contribution in [0.2, 0.25) is 0 Å². The number of hydrogen-bond acceptors (Lipinski definition) is 5. The van der Waals surface area contributed by atoms with E-state index >= 15 is 0 Å². The fourth-order valence-electron chi connectivity index (χ4n) is 2.50. The first-order chi connectivity index (χ1) is 11.8. The Kier molecular flexibility index (Phi) is 26.7. The fourth-order valence-corrected chi connectivity index (χ4v) is 3.17. The maximum absolute atomic E-state index is 11.6. The summed E-state index contributed by atoms with van der Waals surface area (Å²) < 4.78 is 35.7. The third kappa shape index (κ3) is 21.1. The van der Waals surface area contributed by atoms with Crippen molar-refractivity contribution in [3.8, 4) is 0 Å². The van der Waals surface area contributed by atoms with Gasteiger partial charge in [-0.05, 0) is 6.42 Å². The largest absolute Gasteiger partial charge is 1.00 e. The Balaban J connectivity index is -0.000000480. The normalized spacial score (nSPS) is 11.8. The smallest absolute Gasteiger partial charge is 1.00 e. The van der Waals surface area contributed by atoms with E-state index in [1.54, 1.807) is 0 Å². The number of carbonyl (C=O) groups is 2. The van der Waals surface area contributed by atoms with Gasteiger partial charge in [-0.3, -0.25) is 14.1 Å². The zero-order valence-corrected chi connectivity index (χ0v) is 24.2. The van der Waals surface area contributed by atoms with Crippen LogP contribution in [0.3, 0.4) is 0 Å². The molecule has 0 spiro atoms. The Morgan fingerprint density at radius 2 is 1.30 bits per heavy atom. The minimum Gasteiger partial charge on any atom is -1.00 e. The molecule has 0 aromatic heterocycles. The second-order valence-electron chi connectivity index (χ2n) is 6.30. The minimum atomic E-state index is -4.78. The predicted octanol–water partition coefficient (Wildman–Crippen LogP) is -2.20. The molecule has 0 aliphatic heterocycles. The van der Waals surface area contributed by atoms with Crippen molar-refractivity contribution in [3.05, 3.63) is 0 Å². The van der Waals surface area contributed by atoms with Crippen molar-refractivity contribution in [2.45, 2.75) is 89.2 Å². The summed E-state index contributed by atoms with van der Waals surface area (Å²) in [7, 11) is -4.78. The molecule has 152 valence electrons. The van der Waals surface area contributed by atoms with Crippen molar-refractivity contribution in [1.29, 1.82) is 0 Å². The number of unbranched alkanes of at least 4 members (excludes halogenated alkanes) is 10. The van der Waals surface area contributed by atoms with Crippen LogP contribution in [0.5, 0.6) is 0 Å². The molecule has 0 aromatic carbocycles. The molecule has 0 fully saturated rings. The maximum atomic E-state index is 11.6. The number of hydrogen-bond donors (Lipinski definition) is 2. The monoisotopic (exact) mass is 460 g/mol. The predicted molar refractivity (Wildman–Crippen MR) is 97.2 cm³/mol. The summed E-state index contributed by atoms with van der Waals surface area (Å²) >= 11 is 0. The van der Waals surface area contributed by atoms with Crippen LogP contribution in [0.25, 0.3) is 0 Å². The maximum Gasteiger partial charge on any atom is 1.00 e. The van der Waals surface area contributed by atoms with Crippen molar-refractivity contribution in [3.63, 3.8) is 0 Å². The van der Waals surface area contributed by atoms with Crippen LogP contribution in [0.15, 0.2) is 0 Å². The molecule has 0 aliphatic carbocycles. The molecular weight excluding hydrogens is 426 g/mol. The van der Waals surface area contributed by atoms with E-state index in [0.717, 1.165) is 19.3 Å². The number of carboxylic acids is 1. The van der Waals surface area contributed by atoms with Gasteiger partial charge in [-0.1, -0.05) is 71.1 Å². The first kappa shape index (κ1) is 33.8. The summed E-state index contributed by atoms with van der Waals surface area (Å²) in [5.74, 6) is -2.70. The molecule has 0 saturated heterocycles. The Morgan fingerprint density at radius 3 is 1.67 bits per heavy atom. The average molecular weight is 461 g/mol. The number of carbonyl (C=O) groups excluding carboxylic acids is 1. The molecule has 7 nitrogen and oxygen atoms in total. The first-order valence-corrected chi connectivity index (χ1v) is 10.6. The number of carboxylic acid groups (broad SMARTS) is 1. The fraction of sp³-hybridized carbons (Fsp3) is 0.882. The summed E-state index contributed by atoms with van der Waals surface area (Å²) in [5.41, 5.74) is 0. The summed E-state index contributed by atoms with van der Waals surface area (Å²) in [6.45, 7) is 2.23. The zero-order valence-electron chi connectivity index (χ0n) is 19.1. The summed E-state index contributed by atoms with van der Waals surface area (Å²) in [5, 5.41) is 6.53. The topological polar surface area (TPSA) is 118 Å². The van der Waals surface area contributed by atoms with Gasteiger partial charge in [0.25, 0.3) is 10.1 Å². The van der Waals surface area contributed by atoms with Crippen molar-refractivity contribution < 1.29 is 138 Å². The second kappa shape index (κ2) is 21.4. The molecule has 2 N–H and O–H groups in total. The van der Waals surface area contributed by atoms with Crippen LogP contribution < -0.4 is 103 Å². The standard InChI is InChI=1S/C17H32O7S.2K.2H/c1-2-3-4-5-6-7-8-9-10-11-12-13-24-17(20)15(14-16(18)19)25(21,22)23;;;;/h15H,2-14H2,1H3,(H,18,19)(H,21,22,23);;;;/q;2*+1;2*-1. The molecule has 0 heterocycles. The minimum absolute atomic E-state index is 0. The molecule has 1 atom stereocenters. The van der Waals surface area contributed by atoms with Gasteiger partial charge in [0.05, 0.1) is 13.0 Å². The van der Waals surface area contributed by atoms with Gasteiger partial charge in [0.2, 0.25) is 0 Å². The van der Waals surface area contributed by atoms with E-state index in [1.807, 2.05) is 0 Å². The molecule has 0 radical (unpaired) electrons. The van der Waals surface area contributed by atoms with Crippen LogP contribution in [0, 0.1) is 0 Å².